The lowest BCUT2D eigenvalue weighted by Gasteiger charge is -2.24. The molecular formula is C11H16O3. The van der Waals surface area contributed by atoms with Crippen LogP contribution in [0.15, 0.2) is 12.2 Å². The molecule has 1 aliphatic heterocycles. The van der Waals surface area contributed by atoms with Crippen LogP contribution in [0, 0.1) is 11.3 Å². The molecule has 2 atom stereocenters. The number of hydrogen-bond acceptors (Lipinski definition) is 3. The second-order valence-electron chi connectivity index (χ2n) is 3.98. The molecule has 1 rings (SSSR count). The number of carbonyl (C=O) groups excluding carboxylic acids is 2. The highest BCUT2D eigenvalue weighted by Crippen LogP contribution is 2.40. The van der Waals surface area contributed by atoms with Gasteiger partial charge >= 0.3 is 5.97 Å². The summed E-state index contributed by atoms with van der Waals surface area (Å²) < 4.78 is 4.94. The summed E-state index contributed by atoms with van der Waals surface area (Å²) in [6.07, 6.45) is 0.357. The van der Waals surface area contributed by atoms with Crippen molar-refractivity contribution in [2.24, 2.45) is 11.3 Å². The monoisotopic (exact) mass is 196 g/mol. The maximum absolute atomic E-state index is 11.7. The van der Waals surface area contributed by atoms with Gasteiger partial charge in [0.2, 0.25) is 0 Å². The van der Waals surface area contributed by atoms with E-state index >= 15 is 0 Å². The molecule has 0 aromatic heterocycles. The summed E-state index contributed by atoms with van der Waals surface area (Å²) in [4.78, 5) is 23.2. The van der Waals surface area contributed by atoms with Gasteiger partial charge in [-0.15, -0.1) is 0 Å². The average Bonchev–Trinajstić information content (AvgIpc) is 2.43. The van der Waals surface area contributed by atoms with Crippen molar-refractivity contribution in [3.63, 3.8) is 0 Å². The van der Waals surface area contributed by atoms with Crippen LogP contribution in [0.1, 0.15) is 27.2 Å². The van der Waals surface area contributed by atoms with Crippen LogP contribution in [-0.2, 0) is 14.3 Å². The van der Waals surface area contributed by atoms with E-state index in [0.717, 1.165) is 5.57 Å². The van der Waals surface area contributed by atoms with Crippen LogP contribution in [0.3, 0.4) is 0 Å². The number of rotatable bonds is 3. The molecule has 14 heavy (non-hydrogen) atoms. The molecule has 1 fully saturated rings. The molecule has 1 saturated heterocycles. The van der Waals surface area contributed by atoms with Gasteiger partial charge in [-0.05, 0) is 13.8 Å². The van der Waals surface area contributed by atoms with E-state index in [-0.39, 0.29) is 18.3 Å². The highest BCUT2D eigenvalue weighted by Gasteiger charge is 2.53. The van der Waals surface area contributed by atoms with Gasteiger partial charge in [-0.25, -0.2) is 0 Å². The van der Waals surface area contributed by atoms with Crippen molar-refractivity contribution in [2.75, 3.05) is 6.61 Å². The Bertz CT molecular complexity index is 293. The summed E-state index contributed by atoms with van der Waals surface area (Å²) in [5.74, 6) is -0.632. The van der Waals surface area contributed by atoms with Crippen LogP contribution in [0.25, 0.3) is 0 Å². The predicted molar refractivity (Wildman–Crippen MR) is 52.7 cm³/mol. The van der Waals surface area contributed by atoms with Crippen LogP contribution in [0.2, 0.25) is 0 Å². The fourth-order valence-electron chi connectivity index (χ4n) is 1.93. The van der Waals surface area contributed by atoms with Gasteiger partial charge < -0.3 is 4.74 Å². The van der Waals surface area contributed by atoms with Gasteiger partial charge in [0.25, 0.3) is 0 Å². The van der Waals surface area contributed by atoms with Crippen molar-refractivity contribution < 1.29 is 14.3 Å². The molecule has 0 saturated carbocycles. The first-order valence-corrected chi connectivity index (χ1v) is 4.80. The van der Waals surface area contributed by atoms with Crippen molar-refractivity contribution in [3.05, 3.63) is 12.2 Å². The SMILES string of the molecule is C=C(C)[C@H]1COC(=O)[C@]1(C)C(=O)CC. The summed E-state index contributed by atoms with van der Waals surface area (Å²) >= 11 is 0. The summed E-state index contributed by atoms with van der Waals surface area (Å²) in [6.45, 7) is 9.33. The molecule has 1 aliphatic rings. The topological polar surface area (TPSA) is 43.4 Å². The van der Waals surface area contributed by atoms with E-state index in [4.69, 9.17) is 4.74 Å². The molecule has 0 unspecified atom stereocenters. The minimum absolute atomic E-state index is 0.0620. The van der Waals surface area contributed by atoms with Crippen LogP contribution in [-0.4, -0.2) is 18.4 Å². The first-order valence-electron chi connectivity index (χ1n) is 4.80. The van der Waals surface area contributed by atoms with Gasteiger partial charge in [0, 0.05) is 12.3 Å². The molecule has 0 radical (unpaired) electrons. The quantitative estimate of drug-likeness (QED) is 0.392. The van der Waals surface area contributed by atoms with Gasteiger partial charge in [0.05, 0.1) is 6.61 Å². The van der Waals surface area contributed by atoms with Gasteiger partial charge in [0.1, 0.15) is 11.2 Å². The Labute approximate surface area is 84.1 Å². The normalized spacial score (nSPS) is 31.4. The van der Waals surface area contributed by atoms with Crippen LogP contribution >= 0.6 is 0 Å². The third-order valence-electron chi connectivity index (χ3n) is 3.00. The number of ether oxygens (including phenoxy) is 1. The molecule has 3 heteroatoms. The summed E-state index contributed by atoms with van der Waals surface area (Å²) in [5.41, 5.74) is -0.166. The molecule has 0 N–H and O–H groups in total. The van der Waals surface area contributed by atoms with Gasteiger partial charge in [-0.2, -0.15) is 0 Å². The number of carbonyl (C=O) groups is 2. The second kappa shape index (κ2) is 3.56. The van der Waals surface area contributed by atoms with Crippen molar-refractivity contribution >= 4 is 11.8 Å². The summed E-state index contributed by atoms with van der Waals surface area (Å²) in [7, 11) is 0. The Hall–Kier alpha value is -1.12. The molecule has 0 spiro atoms. The Balaban J connectivity index is 3.07. The molecule has 3 nitrogen and oxygen atoms in total. The number of hydrogen-bond donors (Lipinski definition) is 0. The van der Waals surface area contributed by atoms with E-state index < -0.39 is 11.4 Å². The first kappa shape index (κ1) is 11.0. The van der Waals surface area contributed by atoms with E-state index in [1.54, 1.807) is 13.8 Å². The van der Waals surface area contributed by atoms with E-state index in [1.807, 2.05) is 6.92 Å². The Morgan fingerprint density at radius 3 is 2.71 bits per heavy atom. The molecule has 0 aromatic rings. The van der Waals surface area contributed by atoms with Gasteiger partial charge in [-0.1, -0.05) is 19.1 Å². The third kappa shape index (κ3) is 1.37. The average molecular weight is 196 g/mol. The molecular weight excluding hydrogens is 180 g/mol. The Morgan fingerprint density at radius 1 is 1.71 bits per heavy atom. The smallest absolute Gasteiger partial charge is 0.320 e. The lowest BCUT2D eigenvalue weighted by atomic mass is 9.72. The zero-order valence-corrected chi connectivity index (χ0v) is 8.92. The Kier molecular flexibility index (Phi) is 2.79. The molecule has 0 aliphatic carbocycles. The van der Waals surface area contributed by atoms with E-state index in [9.17, 15) is 9.59 Å². The molecule has 1 heterocycles. The van der Waals surface area contributed by atoms with E-state index in [0.29, 0.717) is 6.42 Å². The minimum Gasteiger partial charge on any atom is -0.464 e. The minimum atomic E-state index is -0.999. The summed E-state index contributed by atoms with van der Waals surface area (Å²) in [5, 5.41) is 0. The number of esters is 1. The second-order valence-corrected chi connectivity index (χ2v) is 3.98. The van der Waals surface area contributed by atoms with Crippen molar-refractivity contribution in [3.8, 4) is 0 Å². The fraction of sp³-hybridized carbons (Fsp3) is 0.636. The highest BCUT2D eigenvalue weighted by molar-refractivity contribution is 6.05. The maximum atomic E-state index is 11.7. The fourth-order valence-corrected chi connectivity index (χ4v) is 1.93. The highest BCUT2D eigenvalue weighted by atomic mass is 16.5. The Morgan fingerprint density at radius 2 is 2.29 bits per heavy atom. The van der Waals surface area contributed by atoms with Gasteiger partial charge in [-0.3, -0.25) is 9.59 Å². The first-order chi connectivity index (χ1) is 6.44. The van der Waals surface area contributed by atoms with E-state index in [1.165, 1.54) is 0 Å². The number of Topliss-reactive ketones (excluding diaryl/α,β-unsaturated/α-hetero) is 1. The van der Waals surface area contributed by atoms with E-state index in [2.05, 4.69) is 6.58 Å². The van der Waals surface area contributed by atoms with Crippen molar-refractivity contribution in [1.82, 2.24) is 0 Å². The van der Waals surface area contributed by atoms with Crippen LogP contribution in [0.5, 0.6) is 0 Å². The molecule has 78 valence electrons. The number of cyclic esters (lactones) is 1. The largest absolute Gasteiger partial charge is 0.464 e. The lowest BCUT2D eigenvalue weighted by Crippen LogP contribution is -2.38. The number of ketones is 1. The molecule has 0 bridgehead atoms. The van der Waals surface area contributed by atoms with Crippen LogP contribution in [0.4, 0.5) is 0 Å². The zero-order valence-electron chi connectivity index (χ0n) is 8.92. The van der Waals surface area contributed by atoms with Gasteiger partial charge in [0.15, 0.2) is 0 Å². The van der Waals surface area contributed by atoms with Crippen LogP contribution < -0.4 is 0 Å². The maximum Gasteiger partial charge on any atom is 0.320 e. The zero-order chi connectivity index (χ0) is 10.9. The summed E-state index contributed by atoms with van der Waals surface area (Å²) in [6, 6.07) is 0. The molecule has 0 amide bonds. The molecule has 0 aromatic carbocycles. The predicted octanol–water partition coefficient (Wildman–Crippen LogP) is 1.72. The van der Waals surface area contributed by atoms with Crippen molar-refractivity contribution in [1.29, 1.82) is 0 Å². The lowest BCUT2D eigenvalue weighted by molar-refractivity contribution is -0.150. The third-order valence-corrected chi connectivity index (χ3v) is 3.00. The van der Waals surface area contributed by atoms with Crippen molar-refractivity contribution in [2.45, 2.75) is 27.2 Å². The standard InChI is InChI=1S/C11H16O3/c1-5-9(12)11(4)8(7(2)3)6-14-10(11)13/h8H,2,5-6H2,1,3-4H3/t8-,11+/m1/s1.